The summed E-state index contributed by atoms with van der Waals surface area (Å²) in [6.07, 6.45) is 4.77. The lowest BCUT2D eigenvalue weighted by molar-refractivity contribution is -0.137. The van der Waals surface area contributed by atoms with Gasteiger partial charge in [-0.15, -0.1) is 0 Å². The molecule has 1 heterocycles. The number of benzene rings is 1. The summed E-state index contributed by atoms with van der Waals surface area (Å²) in [7, 11) is 0. The number of amides is 1. The van der Waals surface area contributed by atoms with E-state index in [1.165, 1.54) is 11.1 Å². The van der Waals surface area contributed by atoms with Gasteiger partial charge in [0, 0.05) is 25.6 Å². The number of carboxylic acids is 1. The molecule has 108 valence electrons. The Hall–Kier alpha value is -1.84. The first-order valence-electron chi connectivity index (χ1n) is 7.19. The first-order valence-corrected chi connectivity index (χ1v) is 7.19. The molecule has 0 unspecified atom stereocenters. The van der Waals surface area contributed by atoms with Gasteiger partial charge in [-0.05, 0) is 49.3 Å². The van der Waals surface area contributed by atoms with Gasteiger partial charge in [0.1, 0.15) is 0 Å². The number of nitrogens with zero attached hydrogens (tertiary/aromatic N) is 1. The molecule has 0 fully saturated rings. The minimum Gasteiger partial charge on any atom is -0.481 e. The highest BCUT2D eigenvalue weighted by Crippen LogP contribution is 2.28. The molecule has 1 aliphatic rings. The SMILES string of the molecule is CC(=O)N1CCCc2cc(CCCCC(=O)O)ccc21. The number of hydrogen-bond acceptors (Lipinski definition) is 2. The summed E-state index contributed by atoms with van der Waals surface area (Å²) >= 11 is 0. The first kappa shape index (κ1) is 14.6. The van der Waals surface area contributed by atoms with Crippen molar-refractivity contribution < 1.29 is 14.7 Å². The zero-order chi connectivity index (χ0) is 14.5. The Labute approximate surface area is 119 Å². The highest BCUT2D eigenvalue weighted by atomic mass is 16.4. The van der Waals surface area contributed by atoms with Gasteiger partial charge in [0.05, 0.1) is 0 Å². The van der Waals surface area contributed by atoms with Gasteiger partial charge >= 0.3 is 5.97 Å². The largest absolute Gasteiger partial charge is 0.481 e. The fourth-order valence-electron chi connectivity index (χ4n) is 2.74. The second-order valence-electron chi connectivity index (χ2n) is 5.34. The van der Waals surface area contributed by atoms with Crippen LogP contribution in [0.1, 0.15) is 43.7 Å². The second kappa shape index (κ2) is 6.55. The van der Waals surface area contributed by atoms with Gasteiger partial charge in [-0.1, -0.05) is 12.1 Å². The average molecular weight is 275 g/mol. The van der Waals surface area contributed by atoms with E-state index in [2.05, 4.69) is 12.1 Å². The molecule has 0 saturated heterocycles. The maximum absolute atomic E-state index is 11.6. The van der Waals surface area contributed by atoms with Gasteiger partial charge in [0.2, 0.25) is 5.91 Å². The topological polar surface area (TPSA) is 57.6 Å². The van der Waals surface area contributed by atoms with E-state index in [1.54, 1.807) is 6.92 Å². The van der Waals surface area contributed by atoms with Crippen LogP contribution in [0.25, 0.3) is 0 Å². The summed E-state index contributed by atoms with van der Waals surface area (Å²) < 4.78 is 0. The van der Waals surface area contributed by atoms with Crippen molar-refractivity contribution in [2.24, 2.45) is 0 Å². The number of carbonyl (C=O) groups is 2. The molecule has 1 amide bonds. The molecule has 0 spiro atoms. The Morgan fingerprint density at radius 1 is 1.30 bits per heavy atom. The van der Waals surface area contributed by atoms with Crippen molar-refractivity contribution in [3.05, 3.63) is 29.3 Å². The van der Waals surface area contributed by atoms with E-state index in [4.69, 9.17) is 5.11 Å². The molecule has 1 N–H and O–H groups in total. The third kappa shape index (κ3) is 3.59. The van der Waals surface area contributed by atoms with Gasteiger partial charge in [0.25, 0.3) is 0 Å². The molecule has 0 aromatic heterocycles. The number of carboxylic acid groups (broad SMARTS) is 1. The van der Waals surface area contributed by atoms with Gasteiger partial charge in [0.15, 0.2) is 0 Å². The van der Waals surface area contributed by atoms with Crippen LogP contribution in [-0.4, -0.2) is 23.5 Å². The van der Waals surface area contributed by atoms with Crippen molar-refractivity contribution in [2.45, 2.75) is 45.4 Å². The van der Waals surface area contributed by atoms with Crippen LogP contribution >= 0.6 is 0 Å². The van der Waals surface area contributed by atoms with Gasteiger partial charge in [-0.3, -0.25) is 9.59 Å². The van der Waals surface area contributed by atoms with Crippen LogP contribution < -0.4 is 4.90 Å². The van der Waals surface area contributed by atoms with E-state index in [-0.39, 0.29) is 12.3 Å². The van der Waals surface area contributed by atoms with Crippen LogP contribution in [0.3, 0.4) is 0 Å². The Morgan fingerprint density at radius 2 is 2.10 bits per heavy atom. The minimum absolute atomic E-state index is 0.0974. The Kier molecular flexibility index (Phi) is 4.77. The molecular weight excluding hydrogens is 254 g/mol. The van der Waals surface area contributed by atoms with Gasteiger partial charge in [-0.2, -0.15) is 0 Å². The molecule has 0 radical (unpaired) electrons. The number of rotatable bonds is 5. The van der Waals surface area contributed by atoms with Gasteiger partial charge in [-0.25, -0.2) is 0 Å². The van der Waals surface area contributed by atoms with Crippen LogP contribution in [0.15, 0.2) is 18.2 Å². The monoisotopic (exact) mass is 275 g/mol. The lowest BCUT2D eigenvalue weighted by Crippen LogP contribution is -2.33. The first-order chi connectivity index (χ1) is 9.58. The number of carbonyl (C=O) groups excluding carboxylic acids is 1. The molecular formula is C16H21NO3. The van der Waals surface area contributed by atoms with Crippen LogP contribution in [0, 0.1) is 0 Å². The van der Waals surface area contributed by atoms with Crippen molar-refractivity contribution >= 4 is 17.6 Å². The van der Waals surface area contributed by atoms with Crippen molar-refractivity contribution in [3.63, 3.8) is 0 Å². The zero-order valence-corrected chi connectivity index (χ0v) is 11.9. The predicted molar refractivity (Wildman–Crippen MR) is 78.0 cm³/mol. The van der Waals surface area contributed by atoms with Crippen LogP contribution in [0.2, 0.25) is 0 Å². The van der Waals surface area contributed by atoms with Crippen LogP contribution in [0.5, 0.6) is 0 Å². The van der Waals surface area contributed by atoms with E-state index >= 15 is 0 Å². The zero-order valence-electron chi connectivity index (χ0n) is 11.9. The van der Waals surface area contributed by atoms with Crippen molar-refractivity contribution in [3.8, 4) is 0 Å². The third-order valence-corrected chi connectivity index (χ3v) is 3.75. The molecule has 0 bridgehead atoms. The second-order valence-corrected chi connectivity index (χ2v) is 5.34. The number of aliphatic carboxylic acids is 1. The number of unbranched alkanes of at least 4 members (excludes halogenated alkanes) is 1. The molecule has 0 saturated carbocycles. The van der Waals surface area contributed by atoms with Crippen molar-refractivity contribution in [2.75, 3.05) is 11.4 Å². The molecule has 0 aliphatic carbocycles. The van der Waals surface area contributed by atoms with E-state index in [9.17, 15) is 9.59 Å². The van der Waals surface area contributed by atoms with E-state index in [0.29, 0.717) is 6.42 Å². The average Bonchev–Trinajstić information content (AvgIpc) is 2.42. The summed E-state index contributed by atoms with van der Waals surface area (Å²) in [5.74, 6) is -0.632. The molecule has 20 heavy (non-hydrogen) atoms. The fourth-order valence-corrected chi connectivity index (χ4v) is 2.74. The quantitative estimate of drug-likeness (QED) is 0.841. The molecule has 1 aliphatic heterocycles. The number of aryl methyl sites for hydroxylation is 2. The molecule has 0 atom stereocenters. The maximum atomic E-state index is 11.6. The maximum Gasteiger partial charge on any atom is 0.303 e. The fraction of sp³-hybridized carbons (Fsp3) is 0.500. The molecule has 4 heteroatoms. The minimum atomic E-state index is -0.729. The lowest BCUT2D eigenvalue weighted by atomic mass is 9.97. The molecule has 1 aromatic rings. The summed E-state index contributed by atoms with van der Waals surface area (Å²) in [6, 6.07) is 6.26. The van der Waals surface area contributed by atoms with Crippen LogP contribution in [0.4, 0.5) is 5.69 Å². The summed E-state index contributed by atoms with van der Waals surface area (Å²) in [6.45, 7) is 2.41. The molecule has 1 aromatic carbocycles. The van der Waals surface area contributed by atoms with Crippen molar-refractivity contribution in [1.82, 2.24) is 0 Å². The molecule has 2 rings (SSSR count). The predicted octanol–water partition coefficient (Wildman–Crippen LogP) is 2.78. The van der Waals surface area contributed by atoms with E-state index in [1.807, 2.05) is 11.0 Å². The van der Waals surface area contributed by atoms with Crippen LogP contribution in [-0.2, 0) is 22.4 Å². The standard InChI is InChI=1S/C16H21NO3/c1-12(18)17-10-4-6-14-11-13(8-9-15(14)17)5-2-3-7-16(19)20/h8-9,11H,2-7,10H2,1H3,(H,19,20). The van der Waals surface area contributed by atoms with Gasteiger partial charge < -0.3 is 10.0 Å². The Balaban J connectivity index is 2.00. The summed E-state index contributed by atoms with van der Waals surface area (Å²) in [4.78, 5) is 23.9. The lowest BCUT2D eigenvalue weighted by Gasteiger charge is -2.29. The smallest absolute Gasteiger partial charge is 0.303 e. The van der Waals surface area contributed by atoms with E-state index < -0.39 is 5.97 Å². The summed E-state index contributed by atoms with van der Waals surface area (Å²) in [5, 5.41) is 8.61. The molecule has 4 nitrogen and oxygen atoms in total. The third-order valence-electron chi connectivity index (χ3n) is 3.75. The number of hydrogen-bond donors (Lipinski definition) is 1. The highest BCUT2D eigenvalue weighted by molar-refractivity contribution is 5.92. The van der Waals surface area contributed by atoms with E-state index in [0.717, 1.165) is 37.9 Å². The summed E-state index contributed by atoms with van der Waals surface area (Å²) in [5.41, 5.74) is 3.51. The Morgan fingerprint density at radius 3 is 2.80 bits per heavy atom. The Bertz CT molecular complexity index is 510. The number of fused-ring (bicyclic) bond motifs is 1. The normalized spacial score (nSPS) is 13.9. The number of anilines is 1. The van der Waals surface area contributed by atoms with Crippen molar-refractivity contribution in [1.29, 1.82) is 0 Å². The highest BCUT2D eigenvalue weighted by Gasteiger charge is 2.19.